The first-order valence-corrected chi connectivity index (χ1v) is 5.73. The van der Waals surface area contributed by atoms with Gasteiger partial charge in [0.25, 0.3) is 0 Å². The summed E-state index contributed by atoms with van der Waals surface area (Å²) in [5, 5.41) is 0. The predicted octanol–water partition coefficient (Wildman–Crippen LogP) is 3.00. The van der Waals surface area contributed by atoms with Gasteiger partial charge in [-0.15, -0.1) is 0 Å². The van der Waals surface area contributed by atoms with Gasteiger partial charge in [-0.05, 0) is 19.1 Å². The molecule has 1 aliphatic heterocycles. The molecule has 2 nitrogen and oxygen atoms in total. The van der Waals surface area contributed by atoms with Crippen LogP contribution in [0.15, 0.2) is 24.3 Å². The van der Waals surface area contributed by atoms with Crippen molar-refractivity contribution in [3.63, 3.8) is 0 Å². The normalized spacial score (nSPS) is 28.3. The Balaban J connectivity index is 2.30. The van der Waals surface area contributed by atoms with E-state index in [0.29, 0.717) is 5.69 Å². The largest absolute Gasteiger partial charge is 0.403 e. The zero-order valence-corrected chi connectivity index (χ0v) is 10.3. The number of nitrogens with zero attached hydrogens (tertiary/aromatic N) is 1. The molecule has 0 saturated carbocycles. The average Bonchev–Trinajstić information content (AvgIpc) is 2.56. The van der Waals surface area contributed by atoms with Crippen LogP contribution >= 0.6 is 0 Å². The van der Waals surface area contributed by atoms with Gasteiger partial charge in [-0.25, -0.2) is 4.58 Å². The molecule has 5 heteroatoms. The van der Waals surface area contributed by atoms with Crippen LogP contribution in [0.3, 0.4) is 0 Å². The highest BCUT2D eigenvalue weighted by atomic mass is 19.4. The van der Waals surface area contributed by atoms with Crippen LogP contribution in [0.1, 0.15) is 24.9 Å². The van der Waals surface area contributed by atoms with E-state index in [4.69, 9.17) is 5.73 Å². The number of halogens is 3. The lowest BCUT2D eigenvalue weighted by molar-refractivity contribution is -0.532. The minimum Gasteiger partial charge on any atom is -0.399 e. The zero-order valence-electron chi connectivity index (χ0n) is 10.3. The number of benzene rings is 1. The monoisotopic (exact) mass is 257 g/mol. The Morgan fingerprint density at radius 1 is 1.28 bits per heavy atom. The van der Waals surface area contributed by atoms with Crippen molar-refractivity contribution in [2.45, 2.75) is 25.6 Å². The summed E-state index contributed by atoms with van der Waals surface area (Å²) >= 11 is 0. The summed E-state index contributed by atoms with van der Waals surface area (Å²) in [5.41, 5.74) is 5.30. The van der Waals surface area contributed by atoms with E-state index in [1.807, 2.05) is 0 Å². The number of anilines is 1. The molecule has 1 aromatic carbocycles. The zero-order chi connectivity index (χ0) is 13.6. The maximum absolute atomic E-state index is 13.0. The second-order valence-corrected chi connectivity index (χ2v) is 5.10. The highest BCUT2D eigenvalue weighted by Crippen LogP contribution is 2.47. The third-order valence-corrected chi connectivity index (χ3v) is 3.57. The van der Waals surface area contributed by atoms with Gasteiger partial charge in [0, 0.05) is 17.7 Å². The molecule has 0 amide bonds. The lowest BCUT2D eigenvalue weighted by Gasteiger charge is -2.21. The van der Waals surface area contributed by atoms with Crippen LogP contribution in [0.4, 0.5) is 18.9 Å². The van der Waals surface area contributed by atoms with E-state index in [1.54, 1.807) is 35.9 Å². The number of nitrogens with two attached hydrogens (primary N) is 1. The Labute approximate surface area is 104 Å². The number of hydrogen-bond acceptors (Lipinski definition) is 1. The molecular formula is C13H16F3N2+. The van der Waals surface area contributed by atoms with E-state index < -0.39 is 11.6 Å². The molecule has 0 fully saturated rings. The Morgan fingerprint density at radius 2 is 1.83 bits per heavy atom. The number of hydrogen-bond donors (Lipinski definition) is 1. The van der Waals surface area contributed by atoms with E-state index >= 15 is 0 Å². The molecule has 1 aromatic rings. The molecule has 0 aromatic heterocycles. The lowest BCUT2D eigenvalue weighted by atomic mass is 9.85. The molecule has 0 bridgehead atoms. The van der Waals surface area contributed by atoms with E-state index in [9.17, 15) is 13.2 Å². The summed E-state index contributed by atoms with van der Waals surface area (Å²) in [4.78, 5) is 0. The van der Waals surface area contributed by atoms with Gasteiger partial charge < -0.3 is 5.73 Å². The van der Waals surface area contributed by atoms with Gasteiger partial charge in [-0.2, -0.15) is 13.2 Å². The van der Waals surface area contributed by atoms with Crippen molar-refractivity contribution in [1.29, 1.82) is 0 Å². The molecule has 0 aliphatic carbocycles. The first kappa shape index (κ1) is 12.9. The van der Waals surface area contributed by atoms with Gasteiger partial charge in [0.1, 0.15) is 12.5 Å². The van der Waals surface area contributed by atoms with Crippen molar-refractivity contribution in [2.75, 3.05) is 12.8 Å². The second kappa shape index (κ2) is 4.00. The molecule has 2 unspecified atom stereocenters. The summed E-state index contributed by atoms with van der Waals surface area (Å²) in [5.74, 6) is 0. The topological polar surface area (TPSA) is 29.0 Å². The van der Waals surface area contributed by atoms with Crippen LogP contribution in [-0.2, 0) is 0 Å². The Hall–Kier alpha value is -1.52. The fourth-order valence-electron chi connectivity index (χ4n) is 2.40. The minimum atomic E-state index is -4.22. The SMILES string of the molecule is C[N+]1=CC(C)(C(F)(F)F)CC1c1ccc(N)cc1. The second-order valence-electron chi connectivity index (χ2n) is 5.10. The van der Waals surface area contributed by atoms with Crippen LogP contribution in [0, 0.1) is 5.41 Å². The molecule has 1 heterocycles. The molecule has 1 aliphatic rings. The van der Waals surface area contributed by atoms with E-state index in [-0.39, 0.29) is 12.5 Å². The van der Waals surface area contributed by atoms with Gasteiger partial charge in [0.2, 0.25) is 0 Å². The molecule has 2 N–H and O–H groups in total. The van der Waals surface area contributed by atoms with E-state index in [2.05, 4.69) is 0 Å². The van der Waals surface area contributed by atoms with Gasteiger partial charge in [-0.3, -0.25) is 0 Å². The lowest BCUT2D eigenvalue weighted by Crippen LogP contribution is -2.35. The molecule has 98 valence electrons. The summed E-state index contributed by atoms with van der Waals surface area (Å²) in [6.45, 7) is 1.24. The predicted molar refractivity (Wildman–Crippen MR) is 64.6 cm³/mol. The highest BCUT2D eigenvalue weighted by molar-refractivity contribution is 5.63. The van der Waals surface area contributed by atoms with Gasteiger partial charge in [0.05, 0.1) is 0 Å². The summed E-state index contributed by atoms with van der Waals surface area (Å²) in [6.07, 6.45) is -2.91. The first-order chi connectivity index (χ1) is 8.23. The summed E-state index contributed by atoms with van der Waals surface area (Å²) in [6, 6.07) is 6.75. The summed E-state index contributed by atoms with van der Waals surface area (Å²) < 4.78 is 40.6. The van der Waals surface area contributed by atoms with Crippen LogP contribution in [-0.4, -0.2) is 24.0 Å². The molecule has 0 saturated heterocycles. The molecule has 2 atom stereocenters. The van der Waals surface area contributed by atoms with Crippen LogP contribution in [0.2, 0.25) is 0 Å². The number of rotatable bonds is 1. The molecule has 18 heavy (non-hydrogen) atoms. The van der Waals surface area contributed by atoms with E-state index in [0.717, 1.165) is 5.56 Å². The third-order valence-electron chi connectivity index (χ3n) is 3.57. The fourth-order valence-corrected chi connectivity index (χ4v) is 2.40. The van der Waals surface area contributed by atoms with Crippen molar-refractivity contribution in [3.8, 4) is 0 Å². The van der Waals surface area contributed by atoms with Gasteiger partial charge in [0.15, 0.2) is 12.3 Å². The standard InChI is InChI=1S/C13H16F3N2/c1-12(13(14,15)16)7-11(18(2)8-12)9-3-5-10(17)6-4-9/h3-6,8,11H,7,17H2,1-2H3/q+1. The highest BCUT2D eigenvalue weighted by Gasteiger charge is 2.58. The minimum absolute atomic E-state index is 0.0386. The van der Waals surface area contributed by atoms with Crippen molar-refractivity contribution >= 4 is 11.9 Å². The summed E-state index contributed by atoms with van der Waals surface area (Å²) in [7, 11) is 1.68. The fraction of sp³-hybridized carbons (Fsp3) is 0.462. The Morgan fingerprint density at radius 3 is 2.28 bits per heavy atom. The van der Waals surface area contributed by atoms with E-state index in [1.165, 1.54) is 13.1 Å². The smallest absolute Gasteiger partial charge is 0.399 e. The number of alkyl halides is 3. The molecule has 0 radical (unpaired) electrons. The number of nitrogen functional groups attached to an aromatic ring is 1. The first-order valence-electron chi connectivity index (χ1n) is 5.73. The Bertz CT molecular complexity index is 476. The van der Waals surface area contributed by atoms with Crippen LogP contribution in [0.25, 0.3) is 0 Å². The van der Waals surface area contributed by atoms with Crippen molar-refractivity contribution in [1.82, 2.24) is 0 Å². The quantitative estimate of drug-likeness (QED) is 0.608. The van der Waals surface area contributed by atoms with Crippen molar-refractivity contribution < 1.29 is 17.7 Å². The molecule has 2 rings (SSSR count). The average molecular weight is 257 g/mol. The molecular weight excluding hydrogens is 241 g/mol. The van der Waals surface area contributed by atoms with Crippen LogP contribution in [0.5, 0.6) is 0 Å². The van der Waals surface area contributed by atoms with Crippen LogP contribution < -0.4 is 5.73 Å². The Kier molecular flexibility index (Phi) is 2.87. The van der Waals surface area contributed by atoms with Gasteiger partial charge >= 0.3 is 6.18 Å². The van der Waals surface area contributed by atoms with Crippen molar-refractivity contribution in [2.24, 2.45) is 5.41 Å². The molecule has 0 spiro atoms. The van der Waals surface area contributed by atoms with Gasteiger partial charge in [-0.1, -0.05) is 12.1 Å². The maximum atomic E-state index is 13.0. The third kappa shape index (κ3) is 2.09. The maximum Gasteiger partial charge on any atom is 0.403 e. The van der Waals surface area contributed by atoms with Crippen molar-refractivity contribution in [3.05, 3.63) is 29.8 Å².